The number of aromatic nitrogens is 1. The lowest BCUT2D eigenvalue weighted by molar-refractivity contribution is -0.121. The van der Waals surface area contributed by atoms with E-state index in [0.717, 1.165) is 43.1 Å². The molecule has 0 aliphatic carbocycles. The fraction of sp³-hybridized carbons (Fsp3) is 0.375. The minimum Gasteiger partial charge on any atom is -0.497 e. The maximum absolute atomic E-state index is 12.5. The topological polar surface area (TPSA) is 83.6 Å². The number of nitrogens with one attached hydrogen (secondary N) is 2. The number of ether oxygens (including phenoxy) is 1. The molecule has 9 heteroatoms. The third kappa shape index (κ3) is 7.12. The van der Waals surface area contributed by atoms with Gasteiger partial charge in [-0.05, 0) is 42.0 Å². The summed E-state index contributed by atoms with van der Waals surface area (Å²) in [6.07, 6.45) is 2.42. The number of likely N-dealkylation sites (tertiary alicyclic amines) is 1. The van der Waals surface area contributed by atoms with E-state index in [-0.39, 0.29) is 24.3 Å². The molecule has 1 aliphatic heterocycles. The van der Waals surface area contributed by atoms with E-state index in [2.05, 4.69) is 32.7 Å². The SMILES string of the molecule is COc1cccc(CN2CCC(NC(=O)Cc3csc(NC(=O)Cc4cccs4)n3)CC2)c1. The third-order valence-electron chi connectivity index (χ3n) is 5.55. The summed E-state index contributed by atoms with van der Waals surface area (Å²) in [5.41, 5.74) is 1.91. The van der Waals surface area contributed by atoms with Gasteiger partial charge in [-0.3, -0.25) is 14.5 Å². The largest absolute Gasteiger partial charge is 0.497 e. The van der Waals surface area contributed by atoms with Crippen molar-refractivity contribution in [1.82, 2.24) is 15.2 Å². The van der Waals surface area contributed by atoms with Crippen LogP contribution in [0.25, 0.3) is 0 Å². The summed E-state index contributed by atoms with van der Waals surface area (Å²) in [6.45, 7) is 2.77. The van der Waals surface area contributed by atoms with Crippen LogP contribution >= 0.6 is 22.7 Å². The maximum Gasteiger partial charge on any atom is 0.231 e. The van der Waals surface area contributed by atoms with E-state index in [1.807, 2.05) is 35.0 Å². The summed E-state index contributed by atoms with van der Waals surface area (Å²) in [4.78, 5) is 32.4. The van der Waals surface area contributed by atoms with Gasteiger partial charge >= 0.3 is 0 Å². The molecule has 0 radical (unpaired) electrons. The summed E-state index contributed by atoms with van der Waals surface area (Å²) < 4.78 is 5.30. The molecule has 0 spiro atoms. The predicted molar refractivity (Wildman–Crippen MR) is 132 cm³/mol. The molecule has 3 heterocycles. The van der Waals surface area contributed by atoms with Gasteiger partial charge in [-0.15, -0.1) is 22.7 Å². The normalized spacial score (nSPS) is 14.7. The first-order valence-corrected chi connectivity index (χ1v) is 12.7. The number of amides is 2. The Morgan fingerprint density at radius 3 is 2.73 bits per heavy atom. The molecule has 1 fully saturated rings. The Balaban J connectivity index is 1.18. The Bertz CT molecular complexity index is 1060. The molecule has 1 saturated heterocycles. The lowest BCUT2D eigenvalue weighted by Gasteiger charge is -2.32. The van der Waals surface area contributed by atoms with Crippen molar-refractivity contribution in [2.45, 2.75) is 38.3 Å². The van der Waals surface area contributed by atoms with Gasteiger partial charge in [0, 0.05) is 35.9 Å². The first-order valence-electron chi connectivity index (χ1n) is 11.0. The van der Waals surface area contributed by atoms with Crippen molar-refractivity contribution in [2.24, 2.45) is 0 Å². The molecule has 7 nitrogen and oxygen atoms in total. The third-order valence-corrected chi connectivity index (χ3v) is 7.23. The van der Waals surface area contributed by atoms with Gasteiger partial charge in [0.15, 0.2) is 5.13 Å². The number of hydrogen-bond donors (Lipinski definition) is 2. The summed E-state index contributed by atoms with van der Waals surface area (Å²) in [7, 11) is 1.68. The Morgan fingerprint density at radius 2 is 1.97 bits per heavy atom. The second-order valence-electron chi connectivity index (χ2n) is 8.09. The lowest BCUT2D eigenvalue weighted by Crippen LogP contribution is -2.44. The molecule has 33 heavy (non-hydrogen) atoms. The van der Waals surface area contributed by atoms with Crippen molar-refractivity contribution < 1.29 is 14.3 Å². The number of anilines is 1. The van der Waals surface area contributed by atoms with Gasteiger partial charge in [-0.25, -0.2) is 4.98 Å². The van der Waals surface area contributed by atoms with Crippen LogP contribution in [-0.2, 0) is 29.0 Å². The molecule has 1 aliphatic rings. The zero-order chi connectivity index (χ0) is 23.0. The highest BCUT2D eigenvalue weighted by atomic mass is 32.1. The van der Waals surface area contributed by atoms with E-state index in [0.29, 0.717) is 17.2 Å². The Morgan fingerprint density at radius 1 is 1.12 bits per heavy atom. The van der Waals surface area contributed by atoms with Gasteiger partial charge < -0.3 is 15.4 Å². The fourth-order valence-corrected chi connectivity index (χ4v) is 5.32. The number of benzene rings is 1. The summed E-state index contributed by atoms with van der Waals surface area (Å²) in [6, 6.07) is 12.2. The zero-order valence-corrected chi connectivity index (χ0v) is 20.2. The Labute approximate surface area is 201 Å². The molecule has 0 unspecified atom stereocenters. The first kappa shape index (κ1) is 23.4. The number of thiazole rings is 1. The predicted octanol–water partition coefficient (Wildman–Crippen LogP) is 3.72. The van der Waals surface area contributed by atoms with Crippen LogP contribution in [0.4, 0.5) is 5.13 Å². The van der Waals surface area contributed by atoms with Gasteiger partial charge in [0.2, 0.25) is 11.8 Å². The molecular formula is C24H28N4O3S2. The minimum atomic E-state index is -0.0940. The van der Waals surface area contributed by atoms with Gasteiger partial charge in [-0.2, -0.15) is 0 Å². The maximum atomic E-state index is 12.5. The summed E-state index contributed by atoms with van der Waals surface area (Å²) in [5.74, 6) is 0.758. The molecule has 0 saturated carbocycles. The number of rotatable bonds is 9. The zero-order valence-electron chi connectivity index (χ0n) is 18.6. The number of thiophene rings is 1. The van der Waals surface area contributed by atoms with E-state index < -0.39 is 0 Å². The second kappa shape index (κ2) is 11.4. The molecular weight excluding hydrogens is 456 g/mol. The molecule has 0 atom stereocenters. The number of carbonyl (C=O) groups excluding carboxylic acids is 2. The van der Waals surface area contributed by atoms with Gasteiger partial charge in [-0.1, -0.05) is 18.2 Å². The minimum absolute atomic E-state index is 0.0250. The molecule has 1 aromatic carbocycles. The van der Waals surface area contributed by atoms with Crippen molar-refractivity contribution in [3.63, 3.8) is 0 Å². The number of carbonyl (C=O) groups is 2. The monoisotopic (exact) mass is 484 g/mol. The summed E-state index contributed by atoms with van der Waals surface area (Å²) >= 11 is 2.90. The van der Waals surface area contributed by atoms with Crippen molar-refractivity contribution in [3.8, 4) is 5.75 Å². The van der Waals surface area contributed by atoms with Crippen LogP contribution in [0.2, 0.25) is 0 Å². The average Bonchev–Trinajstić information content (AvgIpc) is 3.47. The van der Waals surface area contributed by atoms with E-state index in [1.54, 1.807) is 18.4 Å². The number of piperidine rings is 1. The molecule has 0 bridgehead atoms. The fourth-order valence-electron chi connectivity index (χ4n) is 3.89. The van der Waals surface area contributed by atoms with Gasteiger partial charge in [0.1, 0.15) is 5.75 Å². The number of methoxy groups -OCH3 is 1. The van der Waals surface area contributed by atoms with Crippen LogP contribution in [0.3, 0.4) is 0 Å². The molecule has 4 rings (SSSR count). The summed E-state index contributed by atoms with van der Waals surface area (Å²) in [5, 5.41) is 10.3. The van der Waals surface area contributed by atoms with Crippen molar-refractivity contribution in [3.05, 3.63) is 63.3 Å². The highest BCUT2D eigenvalue weighted by Crippen LogP contribution is 2.19. The highest BCUT2D eigenvalue weighted by molar-refractivity contribution is 7.14. The van der Waals surface area contributed by atoms with Crippen LogP contribution in [-0.4, -0.2) is 47.9 Å². The number of hydrogen-bond acceptors (Lipinski definition) is 7. The van der Waals surface area contributed by atoms with Crippen molar-refractivity contribution in [1.29, 1.82) is 0 Å². The lowest BCUT2D eigenvalue weighted by atomic mass is 10.0. The molecule has 2 aromatic heterocycles. The standard InChI is InChI=1S/C24H28N4O3S2/c1-31-20-5-2-4-17(12-20)15-28-9-7-18(8-10-28)25-22(29)13-19-16-33-24(26-19)27-23(30)14-21-6-3-11-32-21/h2-6,11-12,16,18H,7-10,13-15H2,1H3,(H,25,29)(H,26,27,30). The van der Waals surface area contributed by atoms with Gasteiger partial charge in [0.05, 0.1) is 25.6 Å². The smallest absolute Gasteiger partial charge is 0.231 e. The van der Waals surface area contributed by atoms with Gasteiger partial charge in [0.25, 0.3) is 0 Å². The second-order valence-corrected chi connectivity index (χ2v) is 9.98. The molecule has 3 aromatic rings. The van der Waals surface area contributed by atoms with Crippen molar-refractivity contribution >= 4 is 39.6 Å². The van der Waals surface area contributed by atoms with E-state index in [9.17, 15) is 9.59 Å². The quantitative estimate of drug-likeness (QED) is 0.484. The Hall–Kier alpha value is -2.75. The number of nitrogens with zero attached hydrogens (tertiary/aromatic N) is 2. The van der Waals surface area contributed by atoms with Crippen LogP contribution in [0.15, 0.2) is 47.2 Å². The van der Waals surface area contributed by atoms with E-state index >= 15 is 0 Å². The molecule has 2 N–H and O–H groups in total. The first-order chi connectivity index (χ1) is 16.1. The van der Waals surface area contributed by atoms with Crippen molar-refractivity contribution in [2.75, 3.05) is 25.5 Å². The van der Waals surface area contributed by atoms with E-state index in [1.165, 1.54) is 16.9 Å². The highest BCUT2D eigenvalue weighted by Gasteiger charge is 2.21. The molecule has 174 valence electrons. The van der Waals surface area contributed by atoms with Crippen LogP contribution in [0, 0.1) is 0 Å². The molecule has 2 amide bonds. The van der Waals surface area contributed by atoms with Crippen LogP contribution in [0.1, 0.15) is 29.0 Å². The van der Waals surface area contributed by atoms with Crippen LogP contribution < -0.4 is 15.4 Å². The van der Waals surface area contributed by atoms with Crippen LogP contribution in [0.5, 0.6) is 5.75 Å². The Kier molecular flexibility index (Phi) is 8.09. The average molecular weight is 485 g/mol. The van der Waals surface area contributed by atoms with E-state index in [4.69, 9.17) is 4.74 Å².